The van der Waals surface area contributed by atoms with Crippen molar-refractivity contribution < 1.29 is 5.11 Å². The van der Waals surface area contributed by atoms with Crippen molar-refractivity contribution in [3.05, 3.63) is 34.3 Å². The molecule has 1 unspecified atom stereocenters. The van der Waals surface area contributed by atoms with Crippen LogP contribution in [0.4, 0.5) is 11.6 Å². The summed E-state index contributed by atoms with van der Waals surface area (Å²) in [7, 11) is 1.85. The van der Waals surface area contributed by atoms with Crippen molar-refractivity contribution in [2.24, 2.45) is 0 Å². The maximum absolute atomic E-state index is 10.1. The zero-order chi connectivity index (χ0) is 13.9. The topological polar surface area (TPSA) is 70.1 Å². The van der Waals surface area contributed by atoms with E-state index in [2.05, 4.69) is 20.6 Å². The van der Waals surface area contributed by atoms with Crippen LogP contribution in [-0.2, 0) is 0 Å². The molecule has 2 aromatic heterocycles. The molecule has 0 amide bonds. The molecule has 2 heterocycles. The van der Waals surface area contributed by atoms with Gasteiger partial charge in [-0.05, 0) is 35.2 Å². The Morgan fingerprint density at radius 2 is 2.20 bits per heavy atom. The lowest BCUT2D eigenvalue weighted by Gasteiger charge is -2.12. The summed E-state index contributed by atoms with van der Waals surface area (Å²) in [4.78, 5) is 8.99. The SMILES string of the molecule is CNc1cc(NCC(O)c2ccsc2)nc(C2CC2)n1. The largest absolute Gasteiger partial charge is 0.387 e. The first-order valence-corrected chi connectivity index (χ1v) is 7.71. The molecule has 6 heteroatoms. The van der Waals surface area contributed by atoms with Gasteiger partial charge in [-0.3, -0.25) is 0 Å². The van der Waals surface area contributed by atoms with Gasteiger partial charge in [-0.1, -0.05) is 0 Å². The number of aromatic nitrogens is 2. The highest BCUT2D eigenvalue weighted by Crippen LogP contribution is 2.38. The van der Waals surface area contributed by atoms with Gasteiger partial charge in [0.1, 0.15) is 17.5 Å². The number of rotatable bonds is 6. The van der Waals surface area contributed by atoms with Crippen molar-refractivity contribution in [1.29, 1.82) is 0 Å². The van der Waals surface area contributed by atoms with Gasteiger partial charge in [0.2, 0.25) is 0 Å². The Kier molecular flexibility index (Phi) is 3.84. The van der Waals surface area contributed by atoms with Gasteiger partial charge in [-0.25, -0.2) is 9.97 Å². The minimum Gasteiger partial charge on any atom is -0.387 e. The Labute approximate surface area is 122 Å². The third-order valence-electron chi connectivity index (χ3n) is 3.35. The summed E-state index contributed by atoms with van der Waals surface area (Å²) in [6, 6.07) is 3.80. The van der Waals surface area contributed by atoms with Gasteiger partial charge in [0.25, 0.3) is 0 Å². The normalized spacial score (nSPS) is 15.9. The molecule has 1 aliphatic carbocycles. The van der Waals surface area contributed by atoms with E-state index in [0.29, 0.717) is 12.5 Å². The maximum Gasteiger partial charge on any atom is 0.136 e. The fourth-order valence-electron chi connectivity index (χ4n) is 1.99. The molecule has 0 aliphatic heterocycles. The van der Waals surface area contributed by atoms with Gasteiger partial charge in [0.05, 0.1) is 6.10 Å². The summed E-state index contributed by atoms with van der Waals surface area (Å²) in [5, 5.41) is 20.2. The van der Waals surface area contributed by atoms with Crippen molar-refractivity contribution >= 4 is 23.0 Å². The summed E-state index contributed by atoms with van der Waals surface area (Å²) < 4.78 is 0. The summed E-state index contributed by atoms with van der Waals surface area (Å²) in [5.74, 6) is 2.98. The predicted octanol–water partition coefficient (Wildman–Crippen LogP) is 2.60. The Balaban J connectivity index is 1.68. The number of anilines is 2. The van der Waals surface area contributed by atoms with E-state index in [4.69, 9.17) is 0 Å². The van der Waals surface area contributed by atoms with Crippen LogP contribution in [0.2, 0.25) is 0 Å². The number of thiophene rings is 1. The van der Waals surface area contributed by atoms with Gasteiger partial charge in [0, 0.05) is 25.6 Å². The molecule has 0 aromatic carbocycles. The van der Waals surface area contributed by atoms with Crippen molar-refractivity contribution in [1.82, 2.24) is 9.97 Å². The molecule has 1 atom stereocenters. The molecule has 20 heavy (non-hydrogen) atoms. The first kappa shape index (κ1) is 13.3. The van der Waals surface area contributed by atoms with E-state index < -0.39 is 6.10 Å². The first-order chi connectivity index (χ1) is 9.76. The number of aliphatic hydroxyl groups excluding tert-OH is 1. The van der Waals surface area contributed by atoms with Crippen LogP contribution in [0.15, 0.2) is 22.9 Å². The monoisotopic (exact) mass is 290 g/mol. The molecule has 3 rings (SSSR count). The van der Waals surface area contributed by atoms with Crippen LogP contribution >= 0.6 is 11.3 Å². The molecule has 0 saturated heterocycles. The van der Waals surface area contributed by atoms with Crippen LogP contribution < -0.4 is 10.6 Å². The van der Waals surface area contributed by atoms with Crippen LogP contribution in [0.3, 0.4) is 0 Å². The van der Waals surface area contributed by atoms with Crippen LogP contribution in [0.5, 0.6) is 0 Å². The second kappa shape index (κ2) is 5.76. The third kappa shape index (κ3) is 3.08. The van der Waals surface area contributed by atoms with E-state index in [9.17, 15) is 5.11 Å². The Hall–Kier alpha value is -1.66. The van der Waals surface area contributed by atoms with Crippen LogP contribution in [-0.4, -0.2) is 28.7 Å². The maximum atomic E-state index is 10.1. The Bertz CT molecular complexity index is 569. The van der Waals surface area contributed by atoms with Gasteiger partial charge in [-0.2, -0.15) is 11.3 Å². The molecule has 2 aromatic rings. The number of aliphatic hydroxyl groups is 1. The van der Waals surface area contributed by atoms with Crippen molar-refractivity contribution in [2.75, 3.05) is 24.2 Å². The van der Waals surface area contributed by atoms with E-state index in [1.165, 1.54) is 12.8 Å². The number of hydrogen-bond donors (Lipinski definition) is 3. The fourth-order valence-corrected chi connectivity index (χ4v) is 2.70. The van der Waals surface area contributed by atoms with Crippen LogP contribution in [0.25, 0.3) is 0 Å². The summed E-state index contributed by atoms with van der Waals surface area (Å²) >= 11 is 1.59. The minimum atomic E-state index is -0.515. The molecule has 1 aliphatic rings. The molecule has 5 nitrogen and oxygen atoms in total. The molecule has 1 saturated carbocycles. The highest BCUT2D eigenvalue weighted by atomic mass is 32.1. The van der Waals surface area contributed by atoms with Gasteiger partial charge in [0.15, 0.2) is 0 Å². The summed E-state index contributed by atoms with van der Waals surface area (Å²) in [5.41, 5.74) is 0.938. The average molecular weight is 290 g/mol. The number of nitrogens with one attached hydrogen (secondary N) is 2. The number of nitrogens with zero attached hydrogens (tertiary/aromatic N) is 2. The third-order valence-corrected chi connectivity index (χ3v) is 4.05. The van der Waals surface area contributed by atoms with E-state index in [1.54, 1.807) is 11.3 Å². The van der Waals surface area contributed by atoms with Crippen LogP contribution in [0, 0.1) is 0 Å². The molecule has 3 N–H and O–H groups in total. The quantitative estimate of drug-likeness (QED) is 0.763. The molecule has 0 radical (unpaired) electrons. The molecule has 0 bridgehead atoms. The summed E-state index contributed by atoms with van der Waals surface area (Å²) in [6.45, 7) is 0.445. The fraction of sp³-hybridized carbons (Fsp3) is 0.429. The molecule has 1 fully saturated rings. The Morgan fingerprint density at radius 1 is 1.40 bits per heavy atom. The predicted molar refractivity (Wildman–Crippen MR) is 81.3 cm³/mol. The highest BCUT2D eigenvalue weighted by Gasteiger charge is 2.27. The van der Waals surface area contributed by atoms with E-state index in [1.807, 2.05) is 29.9 Å². The van der Waals surface area contributed by atoms with Gasteiger partial charge < -0.3 is 15.7 Å². The molecular formula is C14H18N4OS. The lowest BCUT2D eigenvalue weighted by molar-refractivity contribution is 0.192. The zero-order valence-corrected chi connectivity index (χ0v) is 12.2. The average Bonchev–Trinajstić information content (AvgIpc) is 3.19. The van der Waals surface area contributed by atoms with Crippen molar-refractivity contribution in [3.8, 4) is 0 Å². The number of hydrogen-bond acceptors (Lipinski definition) is 6. The highest BCUT2D eigenvalue weighted by molar-refractivity contribution is 7.07. The lowest BCUT2D eigenvalue weighted by atomic mass is 10.2. The second-order valence-electron chi connectivity index (χ2n) is 4.97. The standard InChI is InChI=1S/C14H18N4OS/c1-15-12-6-13(18-14(17-12)9-2-3-9)16-7-11(19)10-4-5-20-8-10/h4-6,8-9,11,19H,2-3,7H2,1H3,(H2,15,16,17,18). The minimum absolute atomic E-state index is 0.445. The lowest BCUT2D eigenvalue weighted by Crippen LogP contribution is -2.13. The Morgan fingerprint density at radius 3 is 2.85 bits per heavy atom. The van der Waals surface area contributed by atoms with Crippen molar-refractivity contribution in [3.63, 3.8) is 0 Å². The van der Waals surface area contributed by atoms with E-state index in [-0.39, 0.29) is 0 Å². The summed E-state index contributed by atoms with van der Waals surface area (Å²) in [6.07, 6.45) is 1.83. The van der Waals surface area contributed by atoms with Gasteiger partial charge in [-0.15, -0.1) is 0 Å². The van der Waals surface area contributed by atoms with E-state index in [0.717, 1.165) is 23.0 Å². The smallest absolute Gasteiger partial charge is 0.136 e. The first-order valence-electron chi connectivity index (χ1n) is 6.77. The van der Waals surface area contributed by atoms with Crippen molar-refractivity contribution in [2.45, 2.75) is 24.9 Å². The molecule has 106 valence electrons. The second-order valence-corrected chi connectivity index (χ2v) is 5.75. The molecule has 0 spiro atoms. The zero-order valence-electron chi connectivity index (χ0n) is 11.3. The van der Waals surface area contributed by atoms with E-state index >= 15 is 0 Å². The van der Waals surface area contributed by atoms with Crippen LogP contribution in [0.1, 0.15) is 36.3 Å². The molecular weight excluding hydrogens is 272 g/mol. The van der Waals surface area contributed by atoms with Gasteiger partial charge >= 0.3 is 0 Å².